The number of thiophene rings is 1. The van der Waals surface area contributed by atoms with Crippen LogP contribution in [0.4, 0.5) is 5.69 Å². The fourth-order valence-corrected chi connectivity index (χ4v) is 2.56. The van der Waals surface area contributed by atoms with Crippen LogP contribution in [0.2, 0.25) is 0 Å². The first-order chi connectivity index (χ1) is 8.65. The van der Waals surface area contributed by atoms with Crippen molar-refractivity contribution in [1.29, 1.82) is 0 Å². The lowest BCUT2D eigenvalue weighted by Gasteiger charge is -2.06. The number of hydrogen-bond acceptors (Lipinski definition) is 4. The molecule has 2 heterocycles. The Kier molecular flexibility index (Phi) is 3.94. The number of pyridine rings is 1. The molecule has 0 aromatic carbocycles. The molecule has 0 aliphatic heterocycles. The number of aromatic nitrogens is 1. The van der Waals surface area contributed by atoms with Gasteiger partial charge in [-0.05, 0) is 31.2 Å². The van der Waals surface area contributed by atoms with Crippen LogP contribution in [0.1, 0.15) is 15.4 Å². The number of anilines is 1. The van der Waals surface area contributed by atoms with Gasteiger partial charge in [-0.2, -0.15) is 0 Å². The molecule has 4 nitrogen and oxygen atoms in total. The zero-order chi connectivity index (χ0) is 13.0. The second kappa shape index (κ2) is 5.64. The Morgan fingerprint density at radius 1 is 1.39 bits per heavy atom. The summed E-state index contributed by atoms with van der Waals surface area (Å²) in [6.07, 6.45) is 1.85. The number of rotatable bonds is 5. The molecule has 5 heteroatoms. The summed E-state index contributed by atoms with van der Waals surface area (Å²) in [5.74, 6) is -0.792. The number of nitrogens with zero attached hydrogens (tertiary/aromatic N) is 1. The van der Waals surface area contributed by atoms with Gasteiger partial charge in [0.25, 0.3) is 0 Å². The van der Waals surface area contributed by atoms with Gasteiger partial charge in [-0.1, -0.05) is 0 Å². The number of carbonyl (C=O) groups is 1. The monoisotopic (exact) mass is 262 g/mol. The first kappa shape index (κ1) is 12.6. The summed E-state index contributed by atoms with van der Waals surface area (Å²) >= 11 is 1.52. The van der Waals surface area contributed by atoms with E-state index < -0.39 is 5.97 Å². The molecule has 0 bridgehead atoms. The lowest BCUT2D eigenvalue weighted by molar-refractivity contribution is -0.136. The zero-order valence-electron chi connectivity index (χ0n) is 10.0. The standard InChI is InChI=1S/C13H14N2O2S/c1-9-12(3-2-6-14-9)15-8-11-5-4-10(18-11)7-13(16)17/h2-6,15H,7-8H2,1H3,(H,16,17). The van der Waals surface area contributed by atoms with E-state index in [1.54, 1.807) is 6.20 Å². The highest BCUT2D eigenvalue weighted by molar-refractivity contribution is 7.12. The minimum atomic E-state index is -0.792. The molecule has 0 saturated carbocycles. The third kappa shape index (κ3) is 3.30. The molecule has 0 fully saturated rings. The van der Waals surface area contributed by atoms with E-state index in [1.165, 1.54) is 11.3 Å². The van der Waals surface area contributed by atoms with Gasteiger partial charge in [-0.15, -0.1) is 11.3 Å². The van der Waals surface area contributed by atoms with Gasteiger partial charge in [-0.3, -0.25) is 9.78 Å². The van der Waals surface area contributed by atoms with Crippen molar-refractivity contribution in [1.82, 2.24) is 4.98 Å². The molecular weight excluding hydrogens is 248 g/mol. The minimum absolute atomic E-state index is 0.0938. The van der Waals surface area contributed by atoms with E-state index in [-0.39, 0.29) is 6.42 Å². The summed E-state index contributed by atoms with van der Waals surface area (Å²) in [6, 6.07) is 7.70. The molecule has 18 heavy (non-hydrogen) atoms. The maximum absolute atomic E-state index is 10.6. The van der Waals surface area contributed by atoms with Crippen molar-refractivity contribution < 1.29 is 9.90 Å². The van der Waals surface area contributed by atoms with Crippen LogP contribution in [0.3, 0.4) is 0 Å². The predicted octanol–water partition coefficient (Wildman–Crippen LogP) is 2.69. The smallest absolute Gasteiger partial charge is 0.308 e. The number of carboxylic acids is 1. The molecule has 0 spiro atoms. The van der Waals surface area contributed by atoms with E-state index in [4.69, 9.17) is 5.11 Å². The van der Waals surface area contributed by atoms with Crippen molar-refractivity contribution in [2.24, 2.45) is 0 Å². The second-order valence-corrected chi connectivity index (χ2v) is 5.18. The van der Waals surface area contributed by atoms with Gasteiger partial charge in [-0.25, -0.2) is 0 Å². The van der Waals surface area contributed by atoms with Crippen LogP contribution in [0.5, 0.6) is 0 Å². The van der Waals surface area contributed by atoms with E-state index in [9.17, 15) is 4.79 Å². The van der Waals surface area contributed by atoms with Crippen LogP contribution in [0.25, 0.3) is 0 Å². The zero-order valence-corrected chi connectivity index (χ0v) is 10.8. The Morgan fingerprint density at radius 3 is 2.89 bits per heavy atom. The number of carboxylic acid groups (broad SMARTS) is 1. The van der Waals surface area contributed by atoms with E-state index in [0.29, 0.717) is 6.54 Å². The van der Waals surface area contributed by atoms with Crippen LogP contribution in [-0.2, 0) is 17.8 Å². The lowest BCUT2D eigenvalue weighted by atomic mass is 10.3. The number of aliphatic carboxylic acids is 1. The van der Waals surface area contributed by atoms with Crippen LogP contribution in [-0.4, -0.2) is 16.1 Å². The Bertz CT molecular complexity index is 551. The molecule has 2 rings (SSSR count). The van der Waals surface area contributed by atoms with Crippen molar-refractivity contribution in [2.45, 2.75) is 19.9 Å². The first-order valence-electron chi connectivity index (χ1n) is 5.60. The predicted molar refractivity (Wildman–Crippen MR) is 72.0 cm³/mol. The van der Waals surface area contributed by atoms with Gasteiger partial charge in [0, 0.05) is 22.5 Å². The average molecular weight is 262 g/mol. The van der Waals surface area contributed by atoms with Crippen molar-refractivity contribution in [3.8, 4) is 0 Å². The van der Waals surface area contributed by atoms with Crippen LogP contribution in [0.15, 0.2) is 30.5 Å². The summed E-state index contributed by atoms with van der Waals surface area (Å²) in [5, 5.41) is 12.0. The molecule has 0 amide bonds. The molecule has 0 aliphatic carbocycles. The third-order valence-electron chi connectivity index (χ3n) is 2.50. The molecule has 94 valence electrons. The third-order valence-corrected chi connectivity index (χ3v) is 3.59. The second-order valence-electron chi connectivity index (χ2n) is 3.93. The summed E-state index contributed by atoms with van der Waals surface area (Å²) in [7, 11) is 0. The molecule has 0 unspecified atom stereocenters. The molecule has 2 aromatic heterocycles. The topological polar surface area (TPSA) is 62.2 Å². The van der Waals surface area contributed by atoms with Crippen LogP contribution < -0.4 is 5.32 Å². The highest BCUT2D eigenvalue weighted by Crippen LogP contribution is 2.19. The molecule has 0 atom stereocenters. The number of hydrogen-bond donors (Lipinski definition) is 2. The maximum Gasteiger partial charge on any atom is 0.308 e. The number of aryl methyl sites for hydroxylation is 1. The molecular formula is C13H14N2O2S. The SMILES string of the molecule is Cc1ncccc1NCc1ccc(CC(=O)O)s1. The summed E-state index contributed by atoms with van der Waals surface area (Å²) < 4.78 is 0. The van der Waals surface area contributed by atoms with Crippen molar-refractivity contribution >= 4 is 23.0 Å². The molecule has 0 saturated heterocycles. The van der Waals surface area contributed by atoms with Crippen molar-refractivity contribution in [2.75, 3.05) is 5.32 Å². The lowest BCUT2D eigenvalue weighted by Crippen LogP contribution is -2.00. The van der Waals surface area contributed by atoms with Crippen molar-refractivity contribution in [3.63, 3.8) is 0 Å². The van der Waals surface area contributed by atoms with E-state index in [0.717, 1.165) is 21.1 Å². The fraction of sp³-hybridized carbons (Fsp3) is 0.231. The van der Waals surface area contributed by atoms with Gasteiger partial charge in [0.1, 0.15) is 0 Å². The van der Waals surface area contributed by atoms with Gasteiger partial charge in [0.05, 0.1) is 17.8 Å². The Balaban J connectivity index is 1.96. The first-order valence-corrected chi connectivity index (χ1v) is 6.41. The average Bonchev–Trinajstić information content (AvgIpc) is 2.75. The van der Waals surface area contributed by atoms with Crippen molar-refractivity contribution in [3.05, 3.63) is 45.9 Å². The molecule has 0 aliphatic rings. The van der Waals surface area contributed by atoms with E-state index >= 15 is 0 Å². The minimum Gasteiger partial charge on any atom is -0.481 e. The fourth-order valence-electron chi connectivity index (χ4n) is 1.61. The summed E-state index contributed by atoms with van der Waals surface area (Å²) in [4.78, 5) is 16.8. The quantitative estimate of drug-likeness (QED) is 0.869. The highest BCUT2D eigenvalue weighted by atomic mass is 32.1. The van der Waals surface area contributed by atoms with Gasteiger partial charge in [0.15, 0.2) is 0 Å². The Hall–Kier alpha value is -1.88. The normalized spacial score (nSPS) is 10.3. The van der Waals surface area contributed by atoms with E-state index in [2.05, 4.69) is 10.3 Å². The number of nitrogens with one attached hydrogen (secondary N) is 1. The van der Waals surface area contributed by atoms with E-state index in [1.807, 2.05) is 31.2 Å². The van der Waals surface area contributed by atoms with Gasteiger partial charge in [0.2, 0.25) is 0 Å². The maximum atomic E-state index is 10.6. The Labute approximate surface area is 109 Å². The molecule has 0 radical (unpaired) electrons. The summed E-state index contributed by atoms with van der Waals surface area (Å²) in [5.41, 5.74) is 1.96. The van der Waals surface area contributed by atoms with Gasteiger partial charge >= 0.3 is 5.97 Å². The highest BCUT2D eigenvalue weighted by Gasteiger charge is 2.05. The summed E-state index contributed by atoms with van der Waals surface area (Å²) in [6.45, 7) is 2.64. The largest absolute Gasteiger partial charge is 0.481 e. The van der Waals surface area contributed by atoms with Crippen LogP contribution >= 0.6 is 11.3 Å². The van der Waals surface area contributed by atoms with Gasteiger partial charge < -0.3 is 10.4 Å². The Morgan fingerprint density at radius 2 is 2.17 bits per heavy atom. The molecule has 2 aromatic rings. The molecule has 2 N–H and O–H groups in total. The van der Waals surface area contributed by atoms with Crippen LogP contribution in [0, 0.1) is 6.92 Å².